The lowest BCUT2D eigenvalue weighted by molar-refractivity contribution is 0.125. The van der Waals surface area contributed by atoms with Gasteiger partial charge in [0.25, 0.3) is 5.56 Å². The van der Waals surface area contributed by atoms with E-state index >= 15 is 0 Å². The smallest absolute Gasteiger partial charge is 0.410 e. The van der Waals surface area contributed by atoms with E-state index in [1.54, 1.807) is 7.05 Å². The number of benzene rings is 1. The van der Waals surface area contributed by atoms with Crippen molar-refractivity contribution in [2.24, 2.45) is 0 Å². The fourth-order valence-corrected chi connectivity index (χ4v) is 3.29. The van der Waals surface area contributed by atoms with E-state index in [9.17, 15) is 18.8 Å². The number of hydrogen-bond donors (Lipinski definition) is 2. The van der Waals surface area contributed by atoms with Crippen molar-refractivity contribution in [2.45, 2.75) is 13.0 Å². The van der Waals surface area contributed by atoms with Crippen LogP contribution in [-0.2, 0) is 6.54 Å². The van der Waals surface area contributed by atoms with Crippen LogP contribution in [0.4, 0.5) is 15.0 Å². The summed E-state index contributed by atoms with van der Waals surface area (Å²) in [5, 5.41) is 0.0990. The molecule has 1 aliphatic rings. The normalized spacial score (nSPS) is 13.2. The summed E-state index contributed by atoms with van der Waals surface area (Å²) in [7, 11) is 1.65. The van der Waals surface area contributed by atoms with Gasteiger partial charge in [-0.1, -0.05) is 0 Å². The molecule has 0 saturated carbocycles. The number of likely N-dealkylation sites (tertiary alicyclic amines) is 1. The fourth-order valence-electron chi connectivity index (χ4n) is 2.95. The second-order valence-corrected chi connectivity index (χ2v) is 7.48. The Morgan fingerprint density at radius 1 is 1.32 bits per heavy atom. The largest absolute Gasteiger partial charge is 0.422 e. The maximum atomic E-state index is 14.7. The zero-order valence-corrected chi connectivity index (χ0v) is 17.2. The van der Waals surface area contributed by atoms with Crippen molar-refractivity contribution in [1.82, 2.24) is 19.2 Å². The first-order valence-corrected chi connectivity index (χ1v) is 10.2. The van der Waals surface area contributed by atoms with Gasteiger partial charge in [0, 0.05) is 43.1 Å². The van der Waals surface area contributed by atoms with Crippen molar-refractivity contribution in [3.05, 3.63) is 62.7 Å². The van der Waals surface area contributed by atoms with Crippen LogP contribution in [0.2, 0.25) is 0 Å². The van der Waals surface area contributed by atoms with E-state index in [-0.39, 0.29) is 34.6 Å². The molecule has 3 aromatic rings. The van der Waals surface area contributed by atoms with Gasteiger partial charge in [-0.3, -0.25) is 9.52 Å². The molecule has 1 aliphatic heterocycles. The predicted molar refractivity (Wildman–Crippen MR) is 113 cm³/mol. The Bertz CT molecular complexity index is 1260. The number of carbonyl (C=O) groups excluding carboxylic acids is 1. The molecule has 1 aromatic carbocycles. The molecule has 0 unspecified atom stereocenters. The van der Waals surface area contributed by atoms with Gasteiger partial charge in [0.1, 0.15) is 11.3 Å². The number of anilines is 1. The summed E-state index contributed by atoms with van der Waals surface area (Å²) >= 11 is 1.02. The molecule has 0 atom stereocenters. The van der Waals surface area contributed by atoms with Crippen LogP contribution in [-0.4, -0.2) is 40.7 Å². The molecule has 1 saturated heterocycles. The first kappa shape index (κ1) is 20.9. The number of nitrogens with one attached hydrogen (secondary N) is 2. The monoisotopic (exact) mass is 447 g/mol. The van der Waals surface area contributed by atoms with E-state index in [4.69, 9.17) is 9.15 Å². The van der Waals surface area contributed by atoms with E-state index in [0.29, 0.717) is 13.1 Å². The summed E-state index contributed by atoms with van der Waals surface area (Å²) in [6, 6.07) is 5.52. The maximum absolute atomic E-state index is 14.7. The van der Waals surface area contributed by atoms with E-state index in [2.05, 4.69) is 14.4 Å². The maximum Gasteiger partial charge on any atom is 0.422 e. The standard InChI is InChI=1S/C19H18FN5O5S/c1-21-31-23-16-15(20)11(5-6-22-16)10-25-17(26)13-4-3-12(9-14(13)30-19(25)28)29-18(27)24-7-2-8-24/h3-6,9,21H,2,7-8,10H2,1H3,(H,22,23). The van der Waals surface area contributed by atoms with Crippen molar-refractivity contribution < 1.29 is 18.3 Å². The molecule has 1 amide bonds. The van der Waals surface area contributed by atoms with Gasteiger partial charge in [-0.05, 0) is 31.7 Å². The van der Waals surface area contributed by atoms with E-state index < -0.39 is 23.2 Å². The molecule has 162 valence electrons. The molecule has 2 N–H and O–H groups in total. The number of nitrogens with zero attached hydrogens (tertiary/aromatic N) is 3. The predicted octanol–water partition coefficient (Wildman–Crippen LogP) is 1.94. The first-order chi connectivity index (χ1) is 15.0. The molecule has 2 aromatic heterocycles. The molecule has 0 radical (unpaired) electrons. The van der Waals surface area contributed by atoms with Gasteiger partial charge in [0.05, 0.1) is 11.9 Å². The minimum absolute atomic E-state index is 0.0249. The van der Waals surface area contributed by atoms with Crippen LogP contribution in [0, 0.1) is 5.82 Å². The summed E-state index contributed by atoms with van der Waals surface area (Å²) in [6.07, 6.45) is 1.78. The van der Waals surface area contributed by atoms with Gasteiger partial charge >= 0.3 is 11.8 Å². The van der Waals surface area contributed by atoms with Crippen LogP contribution in [0.5, 0.6) is 5.75 Å². The van der Waals surface area contributed by atoms with Crippen molar-refractivity contribution in [3.8, 4) is 5.75 Å². The van der Waals surface area contributed by atoms with Gasteiger partial charge < -0.3 is 14.1 Å². The lowest BCUT2D eigenvalue weighted by Crippen LogP contribution is -2.43. The van der Waals surface area contributed by atoms with Crippen LogP contribution in [0.15, 0.2) is 44.5 Å². The number of pyridine rings is 1. The Morgan fingerprint density at radius 3 is 2.84 bits per heavy atom. The number of carbonyl (C=O) groups is 1. The molecule has 0 bridgehead atoms. The van der Waals surface area contributed by atoms with E-state index in [0.717, 1.165) is 23.1 Å². The SMILES string of the molecule is CNSNc1nccc(Cn2c(=O)oc3cc(OC(=O)N4CCC4)ccc3c2=O)c1F. The molecule has 0 spiro atoms. The summed E-state index contributed by atoms with van der Waals surface area (Å²) in [6.45, 7) is 0.918. The Morgan fingerprint density at radius 2 is 2.13 bits per heavy atom. The number of rotatable bonds is 6. The lowest BCUT2D eigenvalue weighted by atomic mass is 10.2. The van der Waals surface area contributed by atoms with Gasteiger partial charge in [-0.2, -0.15) is 0 Å². The van der Waals surface area contributed by atoms with Gasteiger partial charge in [0.2, 0.25) is 0 Å². The van der Waals surface area contributed by atoms with Gasteiger partial charge in [-0.15, -0.1) is 0 Å². The first-order valence-electron chi connectivity index (χ1n) is 9.34. The molecule has 3 heterocycles. The zero-order chi connectivity index (χ0) is 22.0. The third kappa shape index (κ3) is 4.25. The van der Waals surface area contributed by atoms with Gasteiger partial charge in [-0.25, -0.2) is 28.3 Å². The van der Waals surface area contributed by atoms with Crippen LogP contribution >= 0.6 is 12.1 Å². The molecule has 10 nitrogen and oxygen atoms in total. The molecule has 0 aliphatic carbocycles. The van der Waals surface area contributed by atoms with Crippen LogP contribution in [0.3, 0.4) is 0 Å². The second-order valence-electron chi connectivity index (χ2n) is 6.67. The number of fused-ring (bicyclic) bond motifs is 1. The highest BCUT2D eigenvalue weighted by Gasteiger charge is 2.22. The zero-order valence-electron chi connectivity index (χ0n) is 16.4. The third-order valence-corrected chi connectivity index (χ3v) is 5.21. The van der Waals surface area contributed by atoms with Crippen molar-refractivity contribution in [2.75, 3.05) is 24.9 Å². The van der Waals surface area contributed by atoms with Crippen molar-refractivity contribution in [1.29, 1.82) is 0 Å². The average Bonchev–Trinajstić information content (AvgIpc) is 2.69. The topological polar surface area (TPSA) is 119 Å². The highest BCUT2D eigenvalue weighted by molar-refractivity contribution is 7.98. The lowest BCUT2D eigenvalue weighted by Gasteiger charge is -2.29. The summed E-state index contributed by atoms with van der Waals surface area (Å²) in [5.41, 5.74) is -0.589. The van der Waals surface area contributed by atoms with Crippen LogP contribution in [0.1, 0.15) is 12.0 Å². The van der Waals surface area contributed by atoms with E-state index in [1.165, 1.54) is 35.4 Å². The fraction of sp³-hybridized carbons (Fsp3) is 0.263. The summed E-state index contributed by atoms with van der Waals surface area (Å²) < 4.78 is 31.3. The Labute approximate surface area is 179 Å². The number of hydrogen-bond acceptors (Lipinski definition) is 9. The molecule has 1 fully saturated rings. The Hall–Kier alpha value is -3.38. The third-order valence-electron chi connectivity index (χ3n) is 4.71. The molecule has 12 heteroatoms. The van der Waals surface area contributed by atoms with Crippen LogP contribution < -0.4 is 25.5 Å². The number of halogens is 1. The van der Waals surface area contributed by atoms with Crippen molar-refractivity contribution in [3.63, 3.8) is 0 Å². The Kier molecular flexibility index (Phi) is 5.91. The Balaban J connectivity index is 1.64. The molecule has 4 rings (SSSR count). The molecule has 31 heavy (non-hydrogen) atoms. The minimum Gasteiger partial charge on any atom is -0.410 e. The minimum atomic E-state index is -0.959. The van der Waals surface area contributed by atoms with Crippen LogP contribution in [0.25, 0.3) is 11.0 Å². The van der Waals surface area contributed by atoms with E-state index in [1.807, 2.05) is 0 Å². The average molecular weight is 447 g/mol. The summed E-state index contributed by atoms with van der Waals surface area (Å²) in [4.78, 5) is 42.6. The highest BCUT2D eigenvalue weighted by atomic mass is 32.2. The highest BCUT2D eigenvalue weighted by Crippen LogP contribution is 2.21. The van der Waals surface area contributed by atoms with Gasteiger partial charge in [0.15, 0.2) is 11.6 Å². The number of ether oxygens (including phenoxy) is 1. The number of aromatic nitrogens is 2. The second kappa shape index (κ2) is 8.78. The number of amides is 1. The quantitative estimate of drug-likeness (QED) is 0.547. The van der Waals surface area contributed by atoms with Crippen molar-refractivity contribution >= 4 is 35.0 Å². The molecular weight excluding hydrogens is 429 g/mol. The molecular formula is C19H18FN5O5S. The summed E-state index contributed by atoms with van der Waals surface area (Å²) in [5.74, 6) is -1.53.